The maximum atomic E-state index is 12.9. The number of aromatic amines is 1. The molecule has 0 unspecified atom stereocenters. The van der Waals surface area contributed by atoms with Gasteiger partial charge in [-0.1, -0.05) is 53.2 Å². The molecule has 4 aromatic rings. The Hall–Kier alpha value is -3.79. The van der Waals surface area contributed by atoms with Crippen molar-refractivity contribution in [1.82, 2.24) is 24.0 Å². The lowest BCUT2D eigenvalue weighted by molar-refractivity contribution is 0.583. The highest BCUT2D eigenvalue weighted by atomic mass is 32.2. The van der Waals surface area contributed by atoms with Crippen LogP contribution in [0.5, 0.6) is 0 Å². The second-order valence-electron chi connectivity index (χ2n) is 6.70. The highest BCUT2D eigenvalue weighted by Gasteiger charge is 2.21. The van der Waals surface area contributed by atoms with E-state index >= 15 is 0 Å². The quantitative estimate of drug-likeness (QED) is 0.518. The van der Waals surface area contributed by atoms with E-state index in [1.807, 2.05) is 42.2 Å². The van der Waals surface area contributed by atoms with Crippen LogP contribution in [0.3, 0.4) is 0 Å². The van der Waals surface area contributed by atoms with Crippen LogP contribution in [0.25, 0.3) is 11.3 Å². The predicted molar refractivity (Wildman–Crippen MR) is 110 cm³/mol. The molecule has 2 aromatic heterocycles. The van der Waals surface area contributed by atoms with Gasteiger partial charge < -0.3 is 0 Å². The first-order chi connectivity index (χ1) is 14.3. The molecular formula is C20H17N5O4S. The molecule has 30 heavy (non-hydrogen) atoms. The van der Waals surface area contributed by atoms with Gasteiger partial charge in [0.2, 0.25) is 0 Å². The molecule has 0 aliphatic heterocycles. The van der Waals surface area contributed by atoms with E-state index in [-0.39, 0.29) is 16.2 Å². The summed E-state index contributed by atoms with van der Waals surface area (Å²) in [5, 5.41) is 7.95. The second kappa shape index (κ2) is 7.56. The molecule has 0 radical (unpaired) electrons. The van der Waals surface area contributed by atoms with E-state index in [1.165, 1.54) is 23.0 Å². The zero-order valence-electron chi connectivity index (χ0n) is 15.9. The number of H-pyrrole nitrogens is 1. The number of hydrogen-bond donors (Lipinski definition) is 1. The number of aryl methyl sites for hydroxylation is 1. The first-order valence-electron chi connectivity index (χ1n) is 8.97. The first-order valence-corrected chi connectivity index (χ1v) is 10.4. The molecule has 0 fully saturated rings. The summed E-state index contributed by atoms with van der Waals surface area (Å²) < 4.78 is 27.8. The number of aromatic nitrogens is 5. The van der Waals surface area contributed by atoms with Crippen LogP contribution in [0.15, 0.2) is 81.5 Å². The third-order valence-electron chi connectivity index (χ3n) is 4.49. The van der Waals surface area contributed by atoms with Crippen LogP contribution in [0.1, 0.15) is 11.1 Å². The standard InChI is InChI=1S/C20H17N5O4S/c1-14-7-9-16(10-8-14)30(28,29)25-12-17(19(26)21-20(25)27)18-13-24(23-22-18)11-15-5-3-2-4-6-15/h2-10,12-13H,11H2,1H3,(H,21,26,27). The van der Waals surface area contributed by atoms with E-state index < -0.39 is 21.3 Å². The van der Waals surface area contributed by atoms with Crippen molar-refractivity contribution >= 4 is 10.0 Å². The maximum Gasteiger partial charge on any atom is 0.342 e. The lowest BCUT2D eigenvalue weighted by Crippen LogP contribution is -2.34. The summed E-state index contributed by atoms with van der Waals surface area (Å²) in [5.74, 6) is 0. The van der Waals surface area contributed by atoms with Gasteiger partial charge in [-0.3, -0.25) is 9.78 Å². The summed E-state index contributed by atoms with van der Waals surface area (Å²) in [6, 6.07) is 15.6. The summed E-state index contributed by atoms with van der Waals surface area (Å²) >= 11 is 0. The highest BCUT2D eigenvalue weighted by molar-refractivity contribution is 7.90. The molecule has 0 aliphatic rings. The molecule has 0 bridgehead atoms. The van der Waals surface area contributed by atoms with Crippen molar-refractivity contribution in [2.75, 3.05) is 0 Å². The Morgan fingerprint density at radius 2 is 1.67 bits per heavy atom. The van der Waals surface area contributed by atoms with Crippen molar-refractivity contribution in [2.24, 2.45) is 0 Å². The van der Waals surface area contributed by atoms with Gasteiger partial charge in [0, 0.05) is 6.20 Å². The van der Waals surface area contributed by atoms with Crippen molar-refractivity contribution in [2.45, 2.75) is 18.4 Å². The second-order valence-corrected chi connectivity index (χ2v) is 8.52. The van der Waals surface area contributed by atoms with Crippen molar-refractivity contribution in [1.29, 1.82) is 0 Å². The van der Waals surface area contributed by atoms with Gasteiger partial charge in [-0.15, -0.1) is 5.10 Å². The molecule has 0 amide bonds. The summed E-state index contributed by atoms with van der Waals surface area (Å²) in [5.41, 5.74) is 0.126. The Bertz CT molecular complexity index is 1420. The SMILES string of the molecule is Cc1ccc(S(=O)(=O)n2cc(-c3cn(Cc4ccccc4)nn3)c(=O)[nH]c2=O)cc1. The van der Waals surface area contributed by atoms with Crippen LogP contribution in [0, 0.1) is 6.92 Å². The maximum absolute atomic E-state index is 12.9. The zero-order chi connectivity index (χ0) is 21.3. The van der Waals surface area contributed by atoms with E-state index in [9.17, 15) is 18.0 Å². The fourth-order valence-corrected chi connectivity index (χ4v) is 4.12. The van der Waals surface area contributed by atoms with Gasteiger partial charge in [-0.2, -0.15) is 3.97 Å². The van der Waals surface area contributed by atoms with Crippen molar-refractivity contribution in [3.63, 3.8) is 0 Å². The van der Waals surface area contributed by atoms with Crippen molar-refractivity contribution in [3.05, 3.63) is 99.0 Å². The molecule has 152 valence electrons. The van der Waals surface area contributed by atoms with Crippen LogP contribution >= 0.6 is 0 Å². The van der Waals surface area contributed by atoms with Crippen LogP contribution in [0.2, 0.25) is 0 Å². The fourth-order valence-electron chi connectivity index (χ4n) is 2.91. The Kier molecular flexibility index (Phi) is 4.92. The van der Waals surface area contributed by atoms with Crippen LogP contribution in [0.4, 0.5) is 0 Å². The van der Waals surface area contributed by atoms with Gasteiger partial charge in [-0.25, -0.2) is 17.9 Å². The Morgan fingerprint density at radius 1 is 0.967 bits per heavy atom. The molecule has 1 N–H and O–H groups in total. The van der Waals surface area contributed by atoms with Gasteiger partial charge in [0.15, 0.2) is 0 Å². The smallest absolute Gasteiger partial charge is 0.273 e. The monoisotopic (exact) mass is 423 g/mol. The van der Waals surface area contributed by atoms with Gasteiger partial charge in [0.1, 0.15) is 5.69 Å². The average molecular weight is 423 g/mol. The van der Waals surface area contributed by atoms with E-state index in [2.05, 4.69) is 10.3 Å². The third-order valence-corrected chi connectivity index (χ3v) is 6.15. The molecule has 0 saturated carbocycles. The minimum absolute atomic E-state index is 0.0686. The summed E-state index contributed by atoms with van der Waals surface area (Å²) in [6.07, 6.45) is 2.50. The van der Waals surface area contributed by atoms with Gasteiger partial charge in [-0.05, 0) is 24.6 Å². The number of nitrogens with zero attached hydrogens (tertiary/aromatic N) is 4. The largest absolute Gasteiger partial charge is 0.342 e. The predicted octanol–water partition coefficient (Wildman–Crippen LogP) is 1.39. The van der Waals surface area contributed by atoms with Gasteiger partial charge in [0.05, 0.1) is 23.2 Å². The Morgan fingerprint density at radius 3 is 2.37 bits per heavy atom. The lowest BCUT2D eigenvalue weighted by Gasteiger charge is -2.08. The van der Waals surface area contributed by atoms with Crippen molar-refractivity contribution in [3.8, 4) is 11.3 Å². The number of nitrogens with one attached hydrogen (secondary N) is 1. The van der Waals surface area contributed by atoms with Crippen LogP contribution < -0.4 is 11.2 Å². The van der Waals surface area contributed by atoms with Gasteiger partial charge >= 0.3 is 5.69 Å². The Balaban J connectivity index is 1.75. The molecule has 2 aromatic carbocycles. The van der Waals surface area contributed by atoms with Crippen LogP contribution in [-0.2, 0) is 16.6 Å². The van der Waals surface area contributed by atoms with E-state index in [1.54, 1.807) is 12.1 Å². The summed E-state index contributed by atoms with van der Waals surface area (Å²) in [6.45, 7) is 2.24. The number of benzene rings is 2. The first kappa shape index (κ1) is 19.5. The van der Waals surface area contributed by atoms with E-state index in [0.29, 0.717) is 10.5 Å². The zero-order valence-corrected chi connectivity index (χ0v) is 16.7. The molecular weight excluding hydrogens is 406 g/mol. The molecule has 0 aliphatic carbocycles. The fraction of sp³-hybridized carbons (Fsp3) is 0.100. The van der Waals surface area contributed by atoms with Gasteiger partial charge in [0.25, 0.3) is 15.6 Å². The third kappa shape index (κ3) is 3.72. The van der Waals surface area contributed by atoms with Crippen LogP contribution in [-0.4, -0.2) is 32.4 Å². The topological polar surface area (TPSA) is 120 Å². The Labute approximate surface area is 171 Å². The minimum Gasteiger partial charge on any atom is -0.273 e. The normalized spacial score (nSPS) is 11.5. The lowest BCUT2D eigenvalue weighted by atomic mass is 10.2. The van der Waals surface area contributed by atoms with E-state index in [0.717, 1.165) is 17.3 Å². The molecule has 2 heterocycles. The highest BCUT2D eigenvalue weighted by Crippen LogP contribution is 2.16. The number of hydrogen-bond acceptors (Lipinski definition) is 6. The molecule has 0 atom stereocenters. The summed E-state index contributed by atoms with van der Waals surface area (Å²) in [4.78, 5) is 26.6. The number of rotatable bonds is 5. The average Bonchev–Trinajstić information content (AvgIpc) is 3.17. The summed E-state index contributed by atoms with van der Waals surface area (Å²) in [7, 11) is -4.20. The van der Waals surface area contributed by atoms with E-state index in [4.69, 9.17) is 0 Å². The minimum atomic E-state index is -4.20. The molecule has 10 heteroatoms. The van der Waals surface area contributed by atoms with Crippen molar-refractivity contribution < 1.29 is 8.42 Å². The molecule has 9 nitrogen and oxygen atoms in total. The molecule has 4 rings (SSSR count). The molecule has 0 spiro atoms. The molecule has 0 saturated heterocycles.